The number of aryl methyl sites for hydroxylation is 2. The molecule has 1 aliphatic carbocycles. The number of thiazole rings is 1. The highest BCUT2D eigenvalue weighted by molar-refractivity contribution is 7.15. The van der Waals surface area contributed by atoms with Crippen molar-refractivity contribution in [2.24, 2.45) is 5.73 Å². The lowest BCUT2D eigenvalue weighted by atomic mass is 9.94. The molecule has 0 saturated heterocycles. The fourth-order valence-electron chi connectivity index (χ4n) is 2.27. The second kappa shape index (κ2) is 4.74. The number of anilines is 1. The Morgan fingerprint density at radius 1 is 1.47 bits per heavy atom. The van der Waals surface area contributed by atoms with Gasteiger partial charge in [0.25, 0.3) is 0 Å². The smallest absolute Gasteiger partial charge is 0.228 e. The van der Waals surface area contributed by atoms with Crippen molar-refractivity contribution in [3.63, 3.8) is 0 Å². The first-order chi connectivity index (χ1) is 7.98. The van der Waals surface area contributed by atoms with Crippen LogP contribution in [0.5, 0.6) is 0 Å². The molecule has 1 saturated carbocycles. The predicted octanol–water partition coefficient (Wildman–Crippen LogP) is 2.36. The summed E-state index contributed by atoms with van der Waals surface area (Å²) in [5.74, 6) is -0.0110. The van der Waals surface area contributed by atoms with E-state index in [1.807, 2.05) is 13.8 Å². The van der Waals surface area contributed by atoms with Crippen LogP contribution >= 0.6 is 11.3 Å². The van der Waals surface area contributed by atoms with Gasteiger partial charge in [0.2, 0.25) is 5.91 Å². The Morgan fingerprint density at radius 3 is 2.65 bits per heavy atom. The third kappa shape index (κ3) is 3.04. The van der Waals surface area contributed by atoms with Crippen molar-refractivity contribution in [2.45, 2.75) is 51.5 Å². The molecular weight excluding hydrogens is 234 g/mol. The first-order valence-corrected chi connectivity index (χ1v) is 6.83. The van der Waals surface area contributed by atoms with Crippen molar-refractivity contribution in [3.05, 3.63) is 10.6 Å². The average Bonchev–Trinajstić information content (AvgIpc) is 2.75. The molecule has 1 aromatic heterocycles. The average molecular weight is 253 g/mol. The van der Waals surface area contributed by atoms with Crippen LogP contribution in [0.4, 0.5) is 5.13 Å². The number of amides is 1. The molecule has 1 amide bonds. The van der Waals surface area contributed by atoms with Crippen molar-refractivity contribution in [3.8, 4) is 0 Å². The Labute approximate surface area is 106 Å². The lowest BCUT2D eigenvalue weighted by Crippen LogP contribution is -2.40. The number of aromatic nitrogens is 1. The van der Waals surface area contributed by atoms with Gasteiger partial charge in [0, 0.05) is 16.8 Å². The largest absolute Gasteiger partial charge is 0.325 e. The van der Waals surface area contributed by atoms with E-state index in [0.29, 0.717) is 11.6 Å². The summed E-state index contributed by atoms with van der Waals surface area (Å²) in [6.45, 7) is 3.95. The number of nitrogens with two attached hydrogens (primary N) is 1. The number of hydrogen-bond donors (Lipinski definition) is 2. The van der Waals surface area contributed by atoms with Crippen molar-refractivity contribution in [2.75, 3.05) is 5.32 Å². The van der Waals surface area contributed by atoms with Crippen LogP contribution in [-0.4, -0.2) is 16.4 Å². The molecule has 0 atom stereocenters. The molecule has 0 radical (unpaired) electrons. The zero-order valence-electron chi connectivity index (χ0n) is 10.4. The summed E-state index contributed by atoms with van der Waals surface area (Å²) in [6, 6.07) is 0. The van der Waals surface area contributed by atoms with Gasteiger partial charge in [-0.05, 0) is 26.7 Å². The van der Waals surface area contributed by atoms with Gasteiger partial charge < -0.3 is 11.1 Å². The van der Waals surface area contributed by atoms with E-state index < -0.39 is 0 Å². The molecule has 1 heterocycles. The van der Waals surface area contributed by atoms with Crippen LogP contribution in [0.15, 0.2) is 0 Å². The molecular formula is C12H19N3OS. The van der Waals surface area contributed by atoms with E-state index in [0.717, 1.165) is 36.3 Å². The van der Waals surface area contributed by atoms with Gasteiger partial charge in [-0.1, -0.05) is 12.8 Å². The van der Waals surface area contributed by atoms with Gasteiger partial charge in [-0.25, -0.2) is 4.98 Å². The van der Waals surface area contributed by atoms with E-state index in [-0.39, 0.29) is 11.4 Å². The van der Waals surface area contributed by atoms with Gasteiger partial charge in [0.1, 0.15) is 0 Å². The Bertz CT molecular complexity index is 402. The highest BCUT2D eigenvalue weighted by Gasteiger charge is 2.31. The summed E-state index contributed by atoms with van der Waals surface area (Å²) >= 11 is 1.52. The predicted molar refractivity (Wildman–Crippen MR) is 70.2 cm³/mol. The quantitative estimate of drug-likeness (QED) is 0.869. The number of carbonyl (C=O) groups excluding carboxylic acids is 1. The minimum atomic E-state index is -0.286. The fourth-order valence-corrected chi connectivity index (χ4v) is 3.10. The topological polar surface area (TPSA) is 68.0 Å². The van der Waals surface area contributed by atoms with Crippen LogP contribution in [0.3, 0.4) is 0 Å². The standard InChI is InChI=1S/C12H19N3OS/c1-8-9(2)17-11(14-8)15-10(16)7-12(13)5-3-4-6-12/h3-7,13H2,1-2H3,(H,14,15,16). The van der Waals surface area contributed by atoms with E-state index in [9.17, 15) is 4.79 Å². The van der Waals surface area contributed by atoms with Crippen molar-refractivity contribution in [1.29, 1.82) is 0 Å². The maximum absolute atomic E-state index is 11.9. The summed E-state index contributed by atoms with van der Waals surface area (Å²) in [4.78, 5) is 17.3. The minimum absolute atomic E-state index is 0.0110. The fraction of sp³-hybridized carbons (Fsp3) is 0.667. The van der Waals surface area contributed by atoms with Crippen LogP contribution in [0, 0.1) is 13.8 Å². The van der Waals surface area contributed by atoms with Crippen LogP contribution in [0.1, 0.15) is 42.7 Å². The molecule has 3 N–H and O–H groups in total. The summed E-state index contributed by atoms with van der Waals surface area (Å²) < 4.78 is 0. The first kappa shape index (κ1) is 12.5. The summed E-state index contributed by atoms with van der Waals surface area (Å²) in [7, 11) is 0. The lowest BCUT2D eigenvalue weighted by molar-refractivity contribution is -0.117. The molecule has 0 spiro atoms. The minimum Gasteiger partial charge on any atom is -0.325 e. The maximum atomic E-state index is 11.9. The van der Waals surface area contributed by atoms with Crippen LogP contribution < -0.4 is 11.1 Å². The van der Waals surface area contributed by atoms with Gasteiger partial charge in [0.05, 0.1) is 5.69 Å². The zero-order chi connectivity index (χ0) is 12.5. The molecule has 0 unspecified atom stereocenters. The molecule has 1 aromatic rings. The second-order valence-electron chi connectivity index (χ2n) is 4.96. The Morgan fingerprint density at radius 2 is 2.12 bits per heavy atom. The van der Waals surface area contributed by atoms with E-state index >= 15 is 0 Å². The van der Waals surface area contributed by atoms with Crippen LogP contribution in [0.2, 0.25) is 0 Å². The SMILES string of the molecule is Cc1nc(NC(=O)CC2(N)CCCC2)sc1C. The number of rotatable bonds is 3. The molecule has 1 fully saturated rings. The van der Waals surface area contributed by atoms with Crippen molar-refractivity contribution < 1.29 is 4.79 Å². The monoisotopic (exact) mass is 253 g/mol. The number of carbonyl (C=O) groups is 1. The van der Waals surface area contributed by atoms with Crippen molar-refractivity contribution >= 4 is 22.4 Å². The number of hydrogen-bond acceptors (Lipinski definition) is 4. The second-order valence-corrected chi connectivity index (χ2v) is 6.16. The van der Waals surface area contributed by atoms with E-state index in [1.165, 1.54) is 11.3 Å². The van der Waals surface area contributed by atoms with E-state index in [1.54, 1.807) is 0 Å². The molecule has 0 aromatic carbocycles. The molecule has 4 nitrogen and oxygen atoms in total. The number of nitrogens with one attached hydrogen (secondary N) is 1. The molecule has 5 heteroatoms. The van der Waals surface area contributed by atoms with Gasteiger partial charge in [-0.2, -0.15) is 0 Å². The molecule has 2 rings (SSSR count). The maximum Gasteiger partial charge on any atom is 0.228 e. The highest BCUT2D eigenvalue weighted by Crippen LogP contribution is 2.30. The molecule has 0 aliphatic heterocycles. The third-order valence-corrected chi connectivity index (χ3v) is 4.38. The van der Waals surface area contributed by atoms with Gasteiger partial charge in [0.15, 0.2) is 5.13 Å². The summed E-state index contributed by atoms with van der Waals surface area (Å²) in [5.41, 5.74) is 6.86. The van der Waals surface area contributed by atoms with Gasteiger partial charge >= 0.3 is 0 Å². The summed E-state index contributed by atoms with van der Waals surface area (Å²) in [6.07, 6.45) is 4.59. The van der Waals surface area contributed by atoms with Crippen molar-refractivity contribution in [1.82, 2.24) is 4.98 Å². The number of nitrogens with zero attached hydrogens (tertiary/aromatic N) is 1. The molecule has 94 valence electrons. The lowest BCUT2D eigenvalue weighted by Gasteiger charge is -2.22. The Balaban J connectivity index is 1.93. The van der Waals surface area contributed by atoms with Gasteiger partial charge in [-0.3, -0.25) is 4.79 Å². The Hall–Kier alpha value is -0.940. The third-order valence-electron chi connectivity index (χ3n) is 3.39. The van der Waals surface area contributed by atoms with E-state index in [4.69, 9.17) is 5.73 Å². The van der Waals surface area contributed by atoms with Crippen LogP contribution in [0.25, 0.3) is 0 Å². The first-order valence-electron chi connectivity index (χ1n) is 6.01. The molecule has 0 bridgehead atoms. The summed E-state index contributed by atoms with van der Waals surface area (Å²) in [5, 5.41) is 3.53. The zero-order valence-corrected chi connectivity index (χ0v) is 11.2. The van der Waals surface area contributed by atoms with Gasteiger partial charge in [-0.15, -0.1) is 11.3 Å². The normalized spacial score (nSPS) is 18.3. The molecule has 1 aliphatic rings. The molecule has 17 heavy (non-hydrogen) atoms. The highest BCUT2D eigenvalue weighted by atomic mass is 32.1. The van der Waals surface area contributed by atoms with Crippen LogP contribution in [-0.2, 0) is 4.79 Å². The van der Waals surface area contributed by atoms with E-state index in [2.05, 4.69) is 10.3 Å². The Kier molecular flexibility index (Phi) is 3.49.